The number of nitrogens with one attached hydrogen (secondary N) is 1. The largest absolute Gasteiger partial charge is 0.387 e. The van der Waals surface area contributed by atoms with Crippen LogP contribution in [0.25, 0.3) is 0 Å². The standard InChI is InChI=1S/C15H22ClNO/c1-2-14(9-11-3-4-11)17-10-15(18)12-5-7-13(16)8-6-12/h5-8,11,14-15,17-18H,2-4,9-10H2,1H3. The Hall–Kier alpha value is -0.570. The van der Waals surface area contributed by atoms with Crippen molar-refractivity contribution in [2.24, 2.45) is 5.92 Å². The minimum absolute atomic E-state index is 0.449. The number of aliphatic hydroxyl groups excluding tert-OH is 1. The van der Waals surface area contributed by atoms with Gasteiger partial charge in [-0.15, -0.1) is 0 Å². The van der Waals surface area contributed by atoms with E-state index in [0.717, 1.165) is 17.9 Å². The Morgan fingerprint density at radius 2 is 2.00 bits per heavy atom. The van der Waals surface area contributed by atoms with Crippen molar-refractivity contribution in [2.75, 3.05) is 6.54 Å². The molecule has 0 aromatic heterocycles. The van der Waals surface area contributed by atoms with Crippen LogP contribution in [-0.2, 0) is 0 Å². The fourth-order valence-corrected chi connectivity index (χ4v) is 2.36. The highest BCUT2D eigenvalue weighted by Crippen LogP contribution is 2.34. The molecule has 3 heteroatoms. The molecule has 100 valence electrons. The second-order valence-corrected chi connectivity index (χ2v) is 5.70. The Labute approximate surface area is 114 Å². The lowest BCUT2D eigenvalue weighted by molar-refractivity contribution is 0.168. The molecule has 2 unspecified atom stereocenters. The molecule has 18 heavy (non-hydrogen) atoms. The van der Waals surface area contributed by atoms with E-state index in [1.165, 1.54) is 19.3 Å². The van der Waals surface area contributed by atoms with Crippen molar-refractivity contribution in [1.29, 1.82) is 0 Å². The van der Waals surface area contributed by atoms with Gasteiger partial charge >= 0.3 is 0 Å². The van der Waals surface area contributed by atoms with Crippen LogP contribution in [0.5, 0.6) is 0 Å². The maximum Gasteiger partial charge on any atom is 0.0914 e. The zero-order valence-corrected chi connectivity index (χ0v) is 11.7. The van der Waals surface area contributed by atoms with Crippen LogP contribution in [0.4, 0.5) is 0 Å². The van der Waals surface area contributed by atoms with E-state index in [1.807, 2.05) is 24.3 Å². The van der Waals surface area contributed by atoms with E-state index in [1.54, 1.807) is 0 Å². The van der Waals surface area contributed by atoms with E-state index >= 15 is 0 Å². The number of aliphatic hydroxyl groups is 1. The van der Waals surface area contributed by atoms with Crippen LogP contribution in [0.3, 0.4) is 0 Å². The average molecular weight is 268 g/mol. The smallest absolute Gasteiger partial charge is 0.0914 e. The molecule has 0 spiro atoms. The van der Waals surface area contributed by atoms with Crippen LogP contribution < -0.4 is 5.32 Å². The summed E-state index contributed by atoms with van der Waals surface area (Å²) < 4.78 is 0. The van der Waals surface area contributed by atoms with Gasteiger partial charge in [-0.1, -0.05) is 43.5 Å². The van der Waals surface area contributed by atoms with E-state index in [2.05, 4.69) is 12.2 Å². The summed E-state index contributed by atoms with van der Waals surface area (Å²) in [6.45, 7) is 2.82. The maximum atomic E-state index is 10.1. The molecule has 2 rings (SSSR count). The molecule has 1 aliphatic rings. The highest BCUT2D eigenvalue weighted by atomic mass is 35.5. The maximum absolute atomic E-state index is 10.1. The Balaban J connectivity index is 1.78. The minimum atomic E-state index is -0.449. The van der Waals surface area contributed by atoms with Gasteiger partial charge in [0.1, 0.15) is 0 Å². The van der Waals surface area contributed by atoms with Crippen LogP contribution in [0.15, 0.2) is 24.3 Å². The zero-order chi connectivity index (χ0) is 13.0. The van der Waals surface area contributed by atoms with Crippen LogP contribution in [0, 0.1) is 5.92 Å². The second kappa shape index (κ2) is 6.55. The first-order chi connectivity index (χ1) is 8.69. The van der Waals surface area contributed by atoms with E-state index in [9.17, 15) is 5.11 Å². The summed E-state index contributed by atoms with van der Waals surface area (Å²) in [6, 6.07) is 7.95. The summed E-state index contributed by atoms with van der Waals surface area (Å²) in [4.78, 5) is 0. The minimum Gasteiger partial charge on any atom is -0.387 e. The molecule has 1 aromatic rings. The van der Waals surface area contributed by atoms with Crippen LogP contribution in [-0.4, -0.2) is 17.7 Å². The third kappa shape index (κ3) is 4.27. The fourth-order valence-electron chi connectivity index (χ4n) is 2.23. The third-order valence-electron chi connectivity index (χ3n) is 3.66. The predicted molar refractivity (Wildman–Crippen MR) is 75.8 cm³/mol. The first kappa shape index (κ1) is 13.9. The number of hydrogen-bond donors (Lipinski definition) is 2. The fraction of sp³-hybridized carbons (Fsp3) is 0.600. The summed E-state index contributed by atoms with van der Waals surface area (Å²) in [5, 5.41) is 14.3. The van der Waals surface area contributed by atoms with Crippen molar-refractivity contribution < 1.29 is 5.11 Å². The predicted octanol–water partition coefficient (Wildman–Crippen LogP) is 3.54. The Morgan fingerprint density at radius 1 is 1.33 bits per heavy atom. The summed E-state index contributed by atoms with van der Waals surface area (Å²) >= 11 is 5.83. The van der Waals surface area contributed by atoms with Gasteiger partial charge in [-0.3, -0.25) is 0 Å². The first-order valence-electron chi connectivity index (χ1n) is 6.86. The molecule has 0 radical (unpaired) electrons. The first-order valence-corrected chi connectivity index (χ1v) is 7.23. The second-order valence-electron chi connectivity index (χ2n) is 5.26. The van der Waals surface area contributed by atoms with Gasteiger partial charge in [-0.05, 0) is 36.5 Å². The zero-order valence-electron chi connectivity index (χ0n) is 10.9. The summed E-state index contributed by atoms with van der Waals surface area (Å²) in [6.07, 6.45) is 4.71. The van der Waals surface area contributed by atoms with E-state index in [4.69, 9.17) is 11.6 Å². The van der Waals surface area contributed by atoms with Gasteiger partial charge < -0.3 is 10.4 Å². The highest BCUT2D eigenvalue weighted by Gasteiger charge is 2.24. The van der Waals surface area contributed by atoms with Gasteiger partial charge in [0.2, 0.25) is 0 Å². The molecule has 1 fully saturated rings. The molecule has 0 aliphatic heterocycles. The van der Waals surface area contributed by atoms with Gasteiger partial charge in [0.25, 0.3) is 0 Å². The van der Waals surface area contributed by atoms with Crippen molar-refractivity contribution in [2.45, 2.75) is 44.8 Å². The van der Waals surface area contributed by atoms with Crippen molar-refractivity contribution in [3.8, 4) is 0 Å². The molecule has 0 heterocycles. The van der Waals surface area contributed by atoms with Gasteiger partial charge in [0.15, 0.2) is 0 Å². The van der Waals surface area contributed by atoms with Crippen molar-refractivity contribution in [3.05, 3.63) is 34.9 Å². The molecule has 0 saturated heterocycles. The van der Waals surface area contributed by atoms with Gasteiger partial charge in [0, 0.05) is 17.6 Å². The number of rotatable bonds is 7. The van der Waals surface area contributed by atoms with E-state index in [0.29, 0.717) is 17.6 Å². The van der Waals surface area contributed by atoms with Crippen LogP contribution in [0.2, 0.25) is 5.02 Å². The van der Waals surface area contributed by atoms with Gasteiger partial charge in [0.05, 0.1) is 6.10 Å². The topological polar surface area (TPSA) is 32.3 Å². The molecule has 2 nitrogen and oxygen atoms in total. The van der Waals surface area contributed by atoms with Crippen LogP contribution in [0.1, 0.15) is 44.3 Å². The molecule has 1 aliphatic carbocycles. The molecular formula is C15H22ClNO. The number of halogens is 1. The number of benzene rings is 1. The normalized spacial score (nSPS) is 18.6. The van der Waals surface area contributed by atoms with E-state index < -0.39 is 6.10 Å². The Kier molecular flexibility index (Phi) is 5.04. The summed E-state index contributed by atoms with van der Waals surface area (Å²) in [5.74, 6) is 0.926. The van der Waals surface area contributed by atoms with Crippen molar-refractivity contribution in [3.63, 3.8) is 0 Å². The summed E-state index contributed by atoms with van der Waals surface area (Å²) in [7, 11) is 0. The molecule has 2 N–H and O–H groups in total. The average Bonchev–Trinajstić information content (AvgIpc) is 3.18. The lowest BCUT2D eigenvalue weighted by Gasteiger charge is -2.19. The summed E-state index contributed by atoms with van der Waals surface area (Å²) in [5.41, 5.74) is 0.924. The molecule has 0 bridgehead atoms. The quantitative estimate of drug-likeness (QED) is 0.792. The van der Waals surface area contributed by atoms with Gasteiger partial charge in [-0.25, -0.2) is 0 Å². The lowest BCUT2D eigenvalue weighted by Crippen LogP contribution is -2.32. The van der Waals surface area contributed by atoms with Crippen molar-refractivity contribution >= 4 is 11.6 Å². The molecule has 1 saturated carbocycles. The SMILES string of the molecule is CCC(CC1CC1)NCC(O)c1ccc(Cl)cc1. The van der Waals surface area contributed by atoms with Crippen molar-refractivity contribution in [1.82, 2.24) is 5.32 Å². The molecule has 1 aromatic carbocycles. The molecule has 0 amide bonds. The number of hydrogen-bond acceptors (Lipinski definition) is 2. The van der Waals surface area contributed by atoms with Gasteiger partial charge in [-0.2, -0.15) is 0 Å². The third-order valence-corrected chi connectivity index (χ3v) is 3.91. The monoisotopic (exact) mass is 267 g/mol. The molecule has 2 atom stereocenters. The van der Waals surface area contributed by atoms with Crippen LogP contribution >= 0.6 is 11.6 Å². The van der Waals surface area contributed by atoms with E-state index in [-0.39, 0.29) is 0 Å². The lowest BCUT2D eigenvalue weighted by atomic mass is 10.1. The molecular weight excluding hydrogens is 246 g/mol. The highest BCUT2D eigenvalue weighted by molar-refractivity contribution is 6.30. The Bertz CT molecular complexity index is 361. The Morgan fingerprint density at radius 3 is 2.56 bits per heavy atom.